The molecule has 0 saturated heterocycles. The molecule has 0 radical (unpaired) electrons. The van der Waals surface area contributed by atoms with Crippen LogP contribution in [0.25, 0.3) is 0 Å². The van der Waals surface area contributed by atoms with Crippen LogP contribution in [-0.2, 0) is 14.6 Å². The zero-order chi connectivity index (χ0) is 15.2. The van der Waals surface area contributed by atoms with Crippen LogP contribution in [0.3, 0.4) is 0 Å². The molecule has 1 aromatic rings. The molecule has 0 aromatic carbocycles. The molecule has 1 rings (SSSR count). The van der Waals surface area contributed by atoms with Crippen LogP contribution in [-0.4, -0.2) is 50.4 Å². The lowest BCUT2D eigenvalue weighted by Crippen LogP contribution is -2.26. The molecule has 1 N–H and O–H groups in total. The molecule has 0 atom stereocenters. The van der Waals surface area contributed by atoms with Crippen molar-refractivity contribution in [3.63, 3.8) is 0 Å². The normalized spacial score (nSPS) is 11.1. The molecule has 1 heterocycles. The van der Waals surface area contributed by atoms with Gasteiger partial charge in [-0.15, -0.1) is 11.3 Å². The van der Waals surface area contributed by atoms with Crippen molar-refractivity contribution in [3.05, 3.63) is 16.1 Å². The van der Waals surface area contributed by atoms with Crippen molar-refractivity contribution in [1.82, 2.24) is 10.3 Å². The molecule has 20 heavy (non-hydrogen) atoms. The molecule has 1 aromatic heterocycles. The Morgan fingerprint density at radius 3 is 2.75 bits per heavy atom. The third-order valence-corrected chi connectivity index (χ3v) is 4.02. The highest BCUT2D eigenvalue weighted by Gasteiger charge is 2.16. The van der Waals surface area contributed by atoms with Crippen LogP contribution >= 0.6 is 11.3 Å². The summed E-state index contributed by atoms with van der Waals surface area (Å²) in [7, 11) is -3.03. The number of hydrogen-bond donors (Lipinski definition) is 1. The van der Waals surface area contributed by atoms with E-state index >= 15 is 0 Å². The van der Waals surface area contributed by atoms with E-state index in [0.717, 1.165) is 17.6 Å². The summed E-state index contributed by atoms with van der Waals surface area (Å²) in [4.78, 5) is 26.9. The standard InChI is InChI=1S/C11H16N2O5S2/c1-3-18-11(15)10-13-8(7-19-10)9(14)12-5-4-6-20(2,16)17/h7H,3-6H2,1-2H3,(H,12,14). The van der Waals surface area contributed by atoms with E-state index in [9.17, 15) is 18.0 Å². The van der Waals surface area contributed by atoms with Gasteiger partial charge in [-0.05, 0) is 13.3 Å². The second-order valence-corrected chi connectivity index (χ2v) is 7.12. The zero-order valence-electron chi connectivity index (χ0n) is 11.2. The predicted octanol–water partition coefficient (Wildman–Crippen LogP) is 0.484. The van der Waals surface area contributed by atoms with Crippen LogP contribution in [0.4, 0.5) is 0 Å². The monoisotopic (exact) mass is 320 g/mol. The maximum Gasteiger partial charge on any atom is 0.367 e. The van der Waals surface area contributed by atoms with Crippen molar-refractivity contribution in [2.24, 2.45) is 0 Å². The third kappa shape index (κ3) is 5.66. The van der Waals surface area contributed by atoms with Gasteiger partial charge in [-0.25, -0.2) is 18.2 Å². The summed E-state index contributed by atoms with van der Waals surface area (Å²) in [5.41, 5.74) is 0.123. The number of carbonyl (C=O) groups excluding carboxylic acids is 2. The Labute approximate surface area is 121 Å². The number of ether oxygens (including phenoxy) is 1. The second-order valence-electron chi connectivity index (χ2n) is 4.00. The van der Waals surface area contributed by atoms with Gasteiger partial charge in [0.1, 0.15) is 15.5 Å². The Kier molecular flexibility index (Phi) is 6.08. The molecule has 112 valence electrons. The lowest BCUT2D eigenvalue weighted by Gasteiger charge is -2.02. The van der Waals surface area contributed by atoms with Gasteiger partial charge in [-0.3, -0.25) is 4.79 Å². The van der Waals surface area contributed by atoms with E-state index in [1.807, 2.05) is 0 Å². The molecular formula is C11H16N2O5S2. The zero-order valence-corrected chi connectivity index (χ0v) is 12.8. The maximum absolute atomic E-state index is 11.7. The van der Waals surface area contributed by atoms with Crippen LogP contribution in [0.1, 0.15) is 33.6 Å². The molecule has 0 aliphatic rings. The smallest absolute Gasteiger partial charge is 0.367 e. The van der Waals surface area contributed by atoms with Crippen LogP contribution in [0.2, 0.25) is 0 Å². The van der Waals surface area contributed by atoms with Gasteiger partial charge in [0.2, 0.25) is 5.01 Å². The second kappa shape index (κ2) is 7.34. The lowest BCUT2D eigenvalue weighted by atomic mass is 10.4. The summed E-state index contributed by atoms with van der Waals surface area (Å²) in [6, 6.07) is 0. The van der Waals surface area contributed by atoms with Crippen molar-refractivity contribution in [3.8, 4) is 0 Å². The minimum atomic E-state index is -3.03. The summed E-state index contributed by atoms with van der Waals surface area (Å²) < 4.78 is 26.6. The summed E-state index contributed by atoms with van der Waals surface area (Å²) in [5, 5.41) is 4.12. The van der Waals surface area contributed by atoms with E-state index in [1.54, 1.807) is 6.92 Å². The van der Waals surface area contributed by atoms with E-state index in [4.69, 9.17) is 4.74 Å². The summed E-state index contributed by atoms with van der Waals surface area (Å²) in [6.45, 7) is 2.16. The number of carbonyl (C=O) groups is 2. The molecule has 0 fully saturated rings. The van der Waals surface area contributed by atoms with Gasteiger partial charge in [-0.2, -0.15) is 0 Å². The highest BCUT2D eigenvalue weighted by Crippen LogP contribution is 2.11. The van der Waals surface area contributed by atoms with E-state index in [2.05, 4.69) is 10.3 Å². The summed E-state index contributed by atoms with van der Waals surface area (Å²) >= 11 is 1.03. The quantitative estimate of drug-likeness (QED) is 0.579. The van der Waals surface area contributed by atoms with Crippen molar-refractivity contribution in [2.75, 3.05) is 25.2 Å². The minimum absolute atomic E-state index is 0.0123. The van der Waals surface area contributed by atoms with Crippen LogP contribution < -0.4 is 5.32 Å². The van der Waals surface area contributed by atoms with Gasteiger partial charge in [0.25, 0.3) is 5.91 Å². The van der Waals surface area contributed by atoms with Gasteiger partial charge in [-0.1, -0.05) is 0 Å². The van der Waals surface area contributed by atoms with Gasteiger partial charge < -0.3 is 10.1 Å². The fourth-order valence-corrected chi connectivity index (χ4v) is 2.65. The highest BCUT2D eigenvalue weighted by atomic mass is 32.2. The van der Waals surface area contributed by atoms with Gasteiger partial charge in [0.15, 0.2) is 0 Å². The highest BCUT2D eigenvalue weighted by molar-refractivity contribution is 7.90. The van der Waals surface area contributed by atoms with Crippen molar-refractivity contribution >= 4 is 33.1 Å². The largest absolute Gasteiger partial charge is 0.461 e. The first-order valence-corrected chi connectivity index (χ1v) is 8.86. The van der Waals surface area contributed by atoms with Gasteiger partial charge in [0, 0.05) is 18.2 Å². The summed E-state index contributed by atoms with van der Waals surface area (Å²) in [5.74, 6) is -0.989. The molecule has 7 nitrogen and oxygen atoms in total. The predicted molar refractivity (Wildman–Crippen MR) is 74.7 cm³/mol. The van der Waals surface area contributed by atoms with E-state index in [0.29, 0.717) is 6.42 Å². The Balaban J connectivity index is 2.46. The number of nitrogens with one attached hydrogen (secondary N) is 1. The van der Waals surface area contributed by atoms with Gasteiger partial charge in [0.05, 0.1) is 12.4 Å². The Morgan fingerprint density at radius 2 is 2.15 bits per heavy atom. The minimum Gasteiger partial charge on any atom is -0.461 e. The number of sulfone groups is 1. The topological polar surface area (TPSA) is 102 Å². The lowest BCUT2D eigenvalue weighted by molar-refractivity contribution is 0.0526. The molecule has 0 saturated carbocycles. The van der Waals surface area contributed by atoms with Crippen LogP contribution in [0, 0.1) is 0 Å². The number of aromatic nitrogens is 1. The number of esters is 1. The average molecular weight is 320 g/mol. The van der Waals surface area contributed by atoms with E-state index in [-0.39, 0.29) is 29.6 Å². The number of thiazole rings is 1. The van der Waals surface area contributed by atoms with Crippen molar-refractivity contribution in [2.45, 2.75) is 13.3 Å². The third-order valence-electron chi connectivity index (χ3n) is 2.16. The molecule has 0 aliphatic carbocycles. The average Bonchev–Trinajstić information content (AvgIpc) is 2.83. The fraction of sp³-hybridized carbons (Fsp3) is 0.545. The molecular weight excluding hydrogens is 304 g/mol. The van der Waals surface area contributed by atoms with E-state index in [1.165, 1.54) is 5.38 Å². The van der Waals surface area contributed by atoms with Crippen molar-refractivity contribution < 1.29 is 22.7 Å². The molecule has 0 aliphatic heterocycles. The number of nitrogens with zero attached hydrogens (tertiary/aromatic N) is 1. The maximum atomic E-state index is 11.7. The molecule has 9 heteroatoms. The molecule has 0 spiro atoms. The van der Waals surface area contributed by atoms with Crippen molar-refractivity contribution in [1.29, 1.82) is 0 Å². The molecule has 0 unspecified atom stereocenters. The van der Waals surface area contributed by atoms with Crippen LogP contribution in [0.5, 0.6) is 0 Å². The Hall–Kier alpha value is -1.48. The first-order chi connectivity index (χ1) is 9.33. The molecule has 1 amide bonds. The number of hydrogen-bond acceptors (Lipinski definition) is 7. The summed E-state index contributed by atoms with van der Waals surface area (Å²) in [6.07, 6.45) is 1.47. The Bertz CT molecular complexity index is 579. The number of amides is 1. The first-order valence-electron chi connectivity index (χ1n) is 5.92. The molecule has 0 bridgehead atoms. The van der Waals surface area contributed by atoms with Crippen LogP contribution in [0.15, 0.2) is 5.38 Å². The van der Waals surface area contributed by atoms with E-state index < -0.39 is 21.7 Å². The van der Waals surface area contributed by atoms with Gasteiger partial charge >= 0.3 is 5.97 Å². The first kappa shape index (κ1) is 16.6. The SMILES string of the molecule is CCOC(=O)c1nc(C(=O)NCCCS(C)(=O)=O)cs1. The fourth-order valence-electron chi connectivity index (χ4n) is 1.29. The number of rotatable bonds is 7. The Morgan fingerprint density at radius 1 is 1.45 bits per heavy atom.